The van der Waals surface area contributed by atoms with E-state index < -0.39 is 10.7 Å². The Bertz CT molecular complexity index is 462. The van der Waals surface area contributed by atoms with Gasteiger partial charge in [-0.15, -0.1) is 0 Å². The van der Waals surface area contributed by atoms with E-state index in [4.69, 9.17) is 0 Å². The van der Waals surface area contributed by atoms with Crippen molar-refractivity contribution in [1.29, 1.82) is 0 Å². The Morgan fingerprint density at radius 1 is 1.39 bits per heavy atom. The highest BCUT2D eigenvalue weighted by molar-refractivity contribution is 9.10. The molecule has 1 heterocycles. The lowest BCUT2D eigenvalue weighted by atomic mass is 10.2. The quantitative estimate of drug-likeness (QED) is 0.671. The van der Waals surface area contributed by atoms with Crippen molar-refractivity contribution in [1.82, 2.24) is 5.32 Å². The maximum atomic E-state index is 13.6. The molecule has 1 aliphatic rings. The van der Waals surface area contributed by atoms with Crippen molar-refractivity contribution in [2.45, 2.75) is 6.42 Å². The van der Waals surface area contributed by atoms with E-state index in [9.17, 15) is 14.5 Å². The number of hydrogen-bond donors (Lipinski definition) is 1. The predicted octanol–water partition coefficient (Wildman–Crippen LogP) is 2.30. The number of benzene rings is 1. The Morgan fingerprint density at radius 2 is 2.17 bits per heavy atom. The highest BCUT2D eigenvalue weighted by Crippen LogP contribution is 2.33. The summed E-state index contributed by atoms with van der Waals surface area (Å²) in [5.74, 6) is -0.479. The number of halogens is 2. The molecule has 0 bridgehead atoms. The van der Waals surface area contributed by atoms with Gasteiger partial charge in [-0.05, 0) is 28.9 Å². The zero-order chi connectivity index (χ0) is 13.1. The Balaban J connectivity index is 2.40. The summed E-state index contributed by atoms with van der Waals surface area (Å²) in [7, 11) is 0. The third-order valence-corrected chi connectivity index (χ3v) is 3.50. The van der Waals surface area contributed by atoms with Crippen LogP contribution < -0.4 is 10.2 Å². The van der Waals surface area contributed by atoms with Crippen LogP contribution in [0, 0.1) is 15.9 Å². The summed E-state index contributed by atoms with van der Waals surface area (Å²) in [6, 6.07) is 2.45. The topological polar surface area (TPSA) is 58.4 Å². The highest BCUT2D eigenvalue weighted by atomic mass is 79.9. The maximum Gasteiger partial charge on any atom is 0.293 e. The molecule has 0 aliphatic carbocycles. The summed E-state index contributed by atoms with van der Waals surface area (Å²) in [6.45, 7) is 2.95. The molecule has 1 saturated heterocycles. The Kier molecular flexibility index (Phi) is 4.13. The van der Waals surface area contributed by atoms with Crippen LogP contribution in [-0.2, 0) is 0 Å². The molecule has 5 nitrogen and oxygen atoms in total. The van der Waals surface area contributed by atoms with Crippen LogP contribution >= 0.6 is 15.9 Å². The van der Waals surface area contributed by atoms with Crippen LogP contribution in [0.15, 0.2) is 16.6 Å². The largest absolute Gasteiger partial charge is 0.365 e. The molecular formula is C11H13BrFN3O2. The average Bonchev–Trinajstić information content (AvgIpc) is 2.60. The summed E-state index contributed by atoms with van der Waals surface area (Å²) < 4.78 is 13.7. The van der Waals surface area contributed by atoms with E-state index in [1.165, 1.54) is 12.1 Å². The summed E-state index contributed by atoms with van der Waals surface area (Å²) >= 11 is 2.98. The first kappa shape index (κ1) is 13.2. The van der Waals surface area contributed by atoms with Gasteiger partial charge in [0.25, 0.3) is 5.69 Å². The van der Waals surface area contributed by atoms with Crippen molar-refractivity contribution in [3.63, 3.8) is 0 Å². The molecule has 0 aromatic heterocycles. The van der Waals surface area contributed by atoms with Crippen molar-refractivity contribution in [3.8, 4) is 0 Å². The van der Waals surface area contributed by atoms with Gasteiger partial charge in [0, 0.05) is 31.8 Å². The molecule has 7 heteroatoms. The van der Waals surface area contributed by atoms with Gasteiger partial charge in [-0.2, -0.15) is 0 Å². The molecule has 0 saturated carbocycles. The molecule has 0 spiro atoms. The lowest BCUT2D eigenvalue weighted by Crippen LogP contribution is -2.28. The molecule has 1 N–H and O–H groups in total. The minimum absolute atomic E-state index is 0.0647. The maximum absolute atomic E-state index is 13.6. The van der Waals surface area contributed by atoms with E-state index in [2.05, 4.69) is 21.2 Å². The summed E-state index contributed by atoms with van der Waals surface area (Å²) in [5.41, 5.74) is 0.287. The molecule has 1 aliphatic heterocycles. The zero-order valence-electron chi connectivity index (χ0n) is 9.66. The molecule has 18 heavy (non-hydrogen) atoms. The number of rotatable bonds is 2. The summed E-state index contributed by atoms with van der Waals surface area (Å²) in [4.78, 5) is 12.4. The van der Waals surface area contributed by atoms with E-state index in [1.807, 2.05) is 4.90 Å². The van der Waals surface area contributed by atoms with Crippen molar-refractivity contribution in [2.75, 3.05) is 31.1 Å². The van der Waals surface area contributed by atoms with E-state index in [-0.39, 0.29) is 10.2 Å². The first-order chi connectivity index (χ1) is 8.59. The van der Waals surface area contributed by atoms with E-state index >= 15 is 0 Å². The molecule has 0 atom stereocenters. The fraction of sp³-hybridized carbons (Fsp3) is 0.455. The second kappa shape index (κ2) is 5.62. The van der Waals surface area contributed by atoms with E-state index in [0.717, 1.165) is 19.5 Å². The van der Waals surface area contributed by atoms with Gasteiger partial charge in [-0.3, -0.25) is 10.1 Å². The minimum Gasteiger partial charge on any atom is -0.365 e. The first-order valence-corrected chi connectivity index (χ1v) is 6.48. The van der Waals surface area contributed by atoms with Crippen LogP contribution in [-0.4, -0.2) is 31.1 Å². The van der Waals surface area contributed by atoms with Gasteiger partial charge in [0.1, 0.15) is 11.5 Å². The number of hydrogen-bond acceptors (Lipinski definition) is 4. The van der Waals surface area contributed by atoms with Gasteiger partial charge in [0.15, 0.2) is 0 Å². The van der Waals surface area contributed by atoms with E-state index in [0.29, 0.717) is 18.8 Å². The molecule has 1 aromatic rings. The van der Waals surface area contributed by atoms with Crippen molar-refractivity contribution in [3.05, 3.63) is 32.5 Å². The Morgan fingerprint density at radius 3 is 2.89 bits per heavy atom. The number of nitro groups is 1. The van der Waals surface area contributed by atoms with Crippen LogP contribution in [0.2, 0.25) is 0 Å². The second-order valence-electron chi connectivity index (χ2n) is 4.10. The monoisotopic (exact) mass is 317 g/mol. The first-order valence-electron chi connectivity index (χ1n) is 5.68. The number of nitrogens with one attached hydrogen (secondary N) is 1. The Hall–Kier alpha value is -1.21. The van der Waals surface area contributed by atoms with E-state index in [1.54, 1.807) is 0 Å². The number of nitrogens with zero attached hydrogens (tertiary/aromatic N) is 2. The standard InChI is InChI=1S/C11H13BrFN3O2/c12-8-6-11(16(17)18)10(7-9(8)13)15-4-1-2-14-3-5-15/h6-7,14H,1-5H2. The van der Waals surface area contributed by atoms with Gasteiger partial charge in [0.05, 0.1) is 9.40 Å². The third kappa shape index (κ3) is 2.78. The average molecular weight is 318 g/mol. The van der Waals surface area contributed by atoms with Gasteiger partial charge in [0.2, 0.25) is 0 Å². The summed E-state index contributed by atoms with van der Waals surface area (Å²) in [6.07, 6.45) is 0.884. The van der Waals surface area contributed by atoms with Crippen LogP contribution in [0.25, 0.3) is 0 Å². The van der Waals surface area contributed by atoms with Gasteiger partial charge >= 0.3 is 0 Å². The molecular weight excluding hydrogens is 305 g/mol. The van der Waals surface area contributed by atoms with Gasteiger partial charge < -0.3 is 10.2 Å². The van der Waals surface area contributed by atoms with Crippen LogP contribution in [0.5, 0.6) is 0 Å². The SMILES string of the molecule is O=[N+]([O-])c1cc(Br)c(F)cc1N1CCCNCC1. The molecule has 98 valence electrons. The lowest BCUT2D eigenvalue weighted by Gasteiger charge is -2.22. The number of nitro benzene ring substituents is 1. The molecule has 0 radical (unpaired) electrons. The fourth-order valence-electron chi connectivity index (χ4n) is 2.01. The Labute approximate surface area is 112 Å². The zero-order valence-corrected chi connectivity index (χ0v) is 11.2. The smallest absolute Gasteiger partial charge is 0.293 e. The predicted molar refractivity (Wildman–Crippen MR) is 70.5 cm³/mol. The fourth-order valence-corrected chi connectivity index (χ4v) is 2.34. The molecule has 0 amide bonds. The molecule has 1 aromatic carbocycles. The second-order valence-corrected chi connectivity index (χ2v) is 4.96. The van der Waals surface area contributed by atoms with Crippen LogP contribution in [0.1, 0.15) is 6.42 Å². The van der Waals surface area contributed by atoms with Gasteiger partial charge in [-0.25, -0.2) is 4.39 Å². The normalized spacial score (nSPS) is 16.4. The van der Waals surface area contributed by atoms with Gasteiger partial charge in [-0.1, -0.05) is 0 Å². The number of anilines is 1. The molecule has 2 rings (SSSR count). The minimum atomic E-state index is -0.479. The van der Waals surface area contributed by atoms with Crippen molar-refractivity contribution < 1.29 is 9.31 Å². The lowest BCUT2D eigenvalue weighted by molar-refractivity contribution is -0.384. The summed E-state index contributed by atoms with van der Waals surface area (Å²) in [5, 5.41) is 14.2. The molecule has 0 unspecified atom stereocenters. The van der Waals surface area contributed by atoms with Crippen LogP contribution in [0.4, 0.5) is 15.8 Å². The third-order valence-electron chi connectivity index (χ3n) is 2.89. The molecule has 1 fully saturated rings. The van der Waals surface area contributed by atoms with Crippen molar-refractivity contribution >= 4 is 27.3 Å². The van der Waals surface area contributed by atoms with Crippen molar-refractivity contribution in [2.24, 2.45) is 0 Å². The van der Waals surface area contributed by atoms with Crippen LogP contribution in [0.3, 0.4) is 0 Å². The highest BCUT2D eigenvalue weighted by Gasteiger charge is 2.22.